The number of nitrogens with zero attached hydrogens (tertiary/aromatic N) is 4. The molecule has 1 fully saturated rings. The molecule has 3 aromatic rings. The third-order valence-electron chi connectivity index (χ3n) is 5.83. The molecule has 2 N–H and O–H groups in total. The van der Waals surface area contributed by atoms with Crippen LogP contribution in [0.25, 0.3) is 0 Å². The zero-order chi connectivity index (χ0) is 21.3. The Morgan fingerprint density at radius 1 is 1.03 bits per heavy atom. The first-order valence-corrected chi connectivity index (χ1v) is 11.1. The molecule has 0 radical (unpaired) electrons. The highest BCUT2D eigenvalue weighted by Gasteiger charge is 2.23. The summed E-state index contributed by atoms with van der Waals surface area (Å²) >= 11 is 0. The van der Waals surface area contributed by atoms with Gasteiger partial charge in [0, 0.05) is 39.1 Å². The number of benzene rings is 2. The molecule has 0 spiro atoms. The lowest BCUT2D eigenvalue weighted by atomic mass is 10.1. The minimum atomic E-state index is 0. The standard InChI is InChI=1S/C25H32N6.HI/c1-26-25(28-17-21-8-7-9-22(16-21)19-30-15-12-27-20-30)29-18-24(31-13-5-6-14-31)23-10-3-2-4-11-23;/h2-4,7-12,15-16,20,24H,5-6,13-14,17-19H2,1H3,(H2,26,28,29);1H. The van der Waals surface area contributed by atoms with Crippen LogP contribution in [0.15, 0.2) is 78.3 Å². The molecule has 4 rings (SSSR count). The van der Waals surface area contributed by atoms with Crippen molar-refractivity contribution in [2.45, 2.75) is 32.0 Å². The summed E-state index contributed by atoms with van der Waals surface area (Å²) in [4.78, 5) is 11.1. The van der Waals surface area contributed by atoms with E-state index in [-0.39, 0.29) is 24.0 Å². The smallest absolute Gasteiger partial charge is 0.191 e. The van der Waals surface area contributed by atoms with Crippen LogP contribution in [0.5, 0.6) is 0 Å². The summed E-state index contributed by atoms with van der Waals surface area (Å²) in [6.45, 7) is 4.73. The molecule has 170 valence electrons. The van der Waals surface area contributed by atoms with Gasteiger partial charge in [-0.25, -0.2) is 4.98 Å². The van der Waals surface area contributed by atoms with Gasteiger partial charge in [-0.2, -0.15) is 0 Å². The first-order valence-electron chi connectivity index (χ1n) is 11.1. The number of imidazole rings is 1. The molecule has 2 heterocycles. The molecule has 0 amide bonds. The third-order valence-corrected chi connectivity index (χ3v) is 5.83. The van der Waals surface area contributed by atoms with Gasteiger partial charge in [0.05, 0.1) is 12.4 Å². The number of rotatable bonds is 8. The molecule has 0 saturated carbocycles. The Morgan fingerprint density at radius 2 is 1.81 bits per heavy atom. The van der Waals surface area contributed by atoms with Crippen LogP contribution >= 0.6 is 24.0 Å². The van der Waals surface area contributed by atoms with Crippen molar-refractivity contribution >= 4 is 29.9 Å². The van der Waals surface area contributed by atoms with E-state index in [1.165, 1.54) is 29.5 Å². The topological polar surface area (TPSA) is 57.5 Å². The van der Waals surface area contributed by atoms with E-state index in [0.717, 1.165) is 38.7 Å². The summed E-state index contributed by atoms with van der Waals surface area (Å²) in [7, 11) is 1.83. The van der Waals surface area contributed by atoms with Crippen molar-refractivity contribution in [2.24, 2.45) is 4.99 Å². The van der Waals surface area contributed by atoms with Crippen molar-refractivity contribution in [3.63, 3.8) is 0 Å². The first kappa shape index (κ1) is 24.3. The minimum Gasteiger partial charge on any atom is -0.354 e. The van der Waals surface area contributed by atoms with Crippen molar-refractivity contribution in [3.05, 3.63) is 90.0 Å². The van der Waals surface area contributed by atoms with Gasteiger partial charge in [0.15, 0.2) is 5.96 Å². The van der Waals surface area contributed by atoms with Gasteiger partial charge in [-0.3, -0.25) is 9.89 Å². The van der Waals surface area contributed by atoms with Crippen LogP contribution in [0.1, 0.15) is 35.6 Å². The summed E-state index contributed by atoms with van der Waals surface area (Å²) in [6, 6.07) is 19.8. The van der Waals surface area contributed by atoms with Crippen LogP contribution < -0.4 is 10.6 Å². The third kappa shape index (κ3) is 6.80. The predicted molar refractivity (Wildman–Crippen MR) is 141 cm³/mol. The fraction of sp³-hybridized carbons (Fsp3) is 0.360. The van der Waals surface area contributed by atoms with E-state index in [1.807, 2.05) is 25.8 Å². The quantitative estimate of drug-likeness (QED) is 0.255. The van der Waals surface area contributed by atoms with Crippen LogP contribution in [-0.2, 0) is 13.1 Å². The Labute approximate surface area is 208 Å². The molecule has 7 heteroatoms. The van der Waals surface area contributed by atoms with Gasteiger partial charge in [-0.15, -0.1) is 24.0 Å². The number of halogens is 1. The van der Waals surface area contributed by atoms with Gasteiger partial charge < -0.3 is 15.2 Å². The summed E-state index contributed by atoms with van der Waals surface area (Å²) < 4.78 is 2.08. The summed E-state index contributed by atoms with van der Waals surface area (Å²) in [5.41, 5.74) is 3.86. The second-order valence-corrected chi connectivity index (χ2v) is 8.03. The van der Waals surface area contributed by atoms with Crippen LogP contribution in [0.3, 0.4) is 0 Å². The number of guanidine groups is 1. The van der Waals surface area contributed by atoms with Crippen molar-refractivity contribution < 1.29 is 0 Å². The fourth-order valence-corrected chi connectivity index (χ4v) is 4.22. The molecular weight excluding hydrogens is 511 g/mol. The Morgan fingerprint density at radius 3 is 2.53 bits per heavy atom. The lowest BCUT2D eigenvalue weighted by molar-refractivity contribution is 0.245. The van der Waals surface area contributed by atoms with Gasteiger partial charge in [0.25, 0.3) is 0 Å². The number of hydrogen-bond donors (Lipinski definition) is 2. The number of nitrogens with one attached hydrogen (secondary N) is 2. The number of hydrogen-bond acceptors (Lipinski definition) is 3. The van der Waals surface area contributed by atoms with E-state index in [0.29, 0.717) is 6.04 Å². The van der Waals surface area contributed by atoms with E-state index in [9.17, 15) is 0 Å². The molecule has 1 unspecified atom stereocenters. The van der Waals surface area contributed by atoms with Gasteiger partial charge in [0.2, 0.25) is 0 Å². The maximum atomic E-state index is 4.44. The van der Waals surface area contributed by atoms with Crippen molar-refractivity contribution in [1.82, 2.24) is 25.1 Å². The lowest BCUT2D eigenvalue weighted by Gasteiger charge is -2.29. The molecule has 1 saturated heterocycles. The summed E-state index contributed by atoms with van der Waals surface area (Å²) in [5, 5.41) is 7.02. The monoisotopic (exact) mass is 544 g/mol. The Bertz CT molecular complexity index is 952. The molecule has 1 aromatic heterocycles. The van der Waals surface area contributed by atoms with Crippen molar-refractivity contribution in [1.29, 1.82) is 0 Å². The van der Waals surface area contributed by atoms with Crippen LogP contribution in [0, 0.1) is 0 Å². The number of likely N-dealkylation sites (tertiary alicyclic amines) is 1. The van der Waals surface area contributed by atoms with Crippen molar-refractivity contribution in [2.75, 3.05) is 26.7 Å². The van der Waals surface area contributed by atoms with E-state index < -0.39 is 0 Å². The fourth-order valence-electron chi connectivity index (χ4n) is 4.22. The van der Waals surface area contributed by atoms with Gasteiger partial charge in [-0.05, 0) is 42.6 Å². The molecular formula is C25H33IN6. The largest absolute Gasteiger partial charge is 0.354 e. The molecule has 0 bridgehead atoms. The lowest BCUT2D eigenvalue weighted by Crippen LogP contribution is -2.42. The normalized spacial score (nSPS) is 15.2. The second kappa shape index (κ2) is 12.6. The molecule has 2 aromatic carbocycles. The van der Waals surface area contributed by atoms with Crippen LogP contribution in [-0.4, -0.2) is 47.1 Å². The average molecular weight is 544 g/mol. The Kier molecular flexibility index (Phi) is 9.55. The summed E-state index contributed by atoms with van der Waals surface area (Å²) in [6.07, 6.45) is 8.21. The van der Waals surface area contributed by atoms with Crippen LogP contribution in [0.2, 0.25) is 0 Å². The SMILES string of the molecule is CN=C(NCc1cccc(Cn2ccnc2)c1)NCC(c1ccccc1)N1CCCC1.I. The number of aliphatic imine (C=N–C) groups is 1. The van der Waals surface area contributed by atoms with E-state index in [4.69, 9.17) is 0 Å². The molecule has 1 aliphatic rings. The molecule has 32 heavy (non-hydrogen) atoms. The second-order valence-electron chi connectivity index (χ2n) is 8.03. The van der Waals surface area contributed by atoms with E-state index in [1.54, 1.807) is 0 Å². The van der Waals surface area contributed by atoms with Crippen molar-refractivity contribution in [3.8, 4) is 0 Å². The minimum absolute atomic E-state index is 0. The van der Waals surface area contributed by atoms with Gasteiger partial charge in [-0.1, -0.05) is 54.6 Å². The van der Waals surface area contributed by atoms with Gasteiger partial charge in [0.1, 0.15) is 0 Å². The first-order chi connectivity index (χ1) is 15.3. The average Bonchev–Trinajstić information content (AvgIpc) is 3.52. The molecule has 1 aliphatic heterocycles. The van der Waals surface area contributed by atoms with Crippen LogP contribution in [0.4, 0.5) is 0 Å². The Balaban J connectivity index is 0.00000289. The highest BCUT2D eigenvalue weighted by Crippen LogP contribution is 2.24. The zero-order valence-electron chi connectivity index (χ0n) is 18.7. The number of aromatic nitrogens is 2. The predicted octanol–water partition coefficient (Wildman–Crippen LogP) is 4.05. The maximum Gasteiger partial charge on any atom is 0.191 e. The maximum absolute atomic E-state index is 4.44. The molecule has 1 atom stereocenters. The molecule has 6 nitrogen and oxygen atoms in total. The Hall–Kier alpha value is -2.39. The molecule has 0 aliphatic carbocycles. The van der Waals surface area contributed by atoms with Gasteiger partial charge >= 0.3 is 0 Å². The highest BCUT2D eigenvalue weighted by molar-refractivity contribution is 14.0. The zero-order valence-corrected chi connectivity index (χ0v) is 21.0. The van der Waals surface area contributed by atoms with E-state index >= 15 is 0 Å². The summed E-state index contributed by atoms with van der Waals surface area (Å²) in [5.74, 6) is 0.833. The van der Waals surface area contributed by atoms with E-state index in [2.05, 4.69) is 84.7 Å². The highest BCUT2D eigenvalue weighted by atomic mass is 127.